The zero-order chi connectivity index (χ0) is 11.4. The van der Waals surface area contributed by atoms with Crippen LogP contribution in [0.5, 0.6) is 0 Å². The van der Waals surface area contributed by atoms with Crippen molar-refractivity contribution in [1.29, 1.82) is 5.26 Å². The van der Waals surface area contributed by atoms with Crippen LogP contribution in [0, 0.1) is 11.3 Å². The number of pyridine rings is 1. The molecule has 0 spiro atoms. The van der Waals surface area contributed by atoms with Crippen molar-refractivity contribution >= 4 is 0 Å². The summed E-state index contributed by atoms with van der Waals surface area (Å²) in [6.07, 6.45) is -1.87. The second kappa shape index (κ2) is 4.66. The number of nitrogens with one attached hydrogen (secondary N) is 1. The van der Waals surface area contributed by atoms with E-state index in [9.17, 15) is 13.6 Å². The summed E-state index contributed by atoms with van der Waals surface area (Å²) < 4.78 is 25.1. The predicted octanol–water partition coefficient (Wildman–Crippen LogP) is 0.837. The van der Waals surface area contributed by atoms with Gasteiger partial charge in [0.15, 0.2) is 0 Å². The molecule has 0 amide bonds. The summed E-state index contributed by atoms with van der Waals surface area (Å²) in [5.74, 6) is 0. The Morgan fingerprint density at radius 3 is 2.73 bits per heavy atom. The molecule has 1 rings (SSSR count). The molecular weight excluding hydrogens is 204 g/mol. The topological polar surface area (TPSA) is 82.7 Å². The van der Waals surface area contributed by atoms with Crippen molar-refractivity contribution in [3.8, 4) is 6.07 Å². The smallest absolute Gasteiger partial charge is 0.269 e. The van der Waals surface area contributed by atoms with Crippen LogP contribution in [-0.4, -0.2) is 4.98 Å². The van der Waals surface area contributed by atoms with Crippen LogP contribution >= 0.6 is 0 Å². The van der Waals surface area contributed by atoms with Crippen LogP contribution in [0.25, 0.3) is 0 Å². The lowest BCUT2D eigenvalue weighted by Crippen LogP contribution is -2.19. The lowest BCUT2D eigenvalue weighted by Gasteiger charge is -2.09. The minimum atomic E-state index is -2.90. The molecule has 0 aliphatic heterocycles. The minimum absolute atomic E-state index is 0.00745. The molecule has 6 heteroatoms. The molecule has 0 bridgehead atoms. The average Bonchev–Trinajstić information content (AvgIpc) is 2.18. The average molecular weight is 213 g/mol. The fourth-order valence-corrected chi connectivity index (χ4v) is 1.33. The standard InChI is InChI=1S/C9H9F2N3O/c10-8(11)7-6(1-2-12)5(3-13)4-14-9(7)15/h4,8H,1,3,13H2,(H,14,15). The third-order valence-electron chi connectivity index (χ3n) is 2.03. The molecule has 0 aliphatic rings. The van der Waals surface area contributed by atoms with Crippen molar-refractivity contribution < 1.29 is 8.78 Å². The van der Waals surface area contributed by atoms with Crippen molar-refractivity contribution in [2.24, 2.45) is 5.73 Å². The maximum absolute atomic E-state index is 12.6. The first-order valence-corrected chi connectivity index (χ1v) is 4.20. The maximum Gasteiger partial charge on any atom is 0.269 e. The van der Waals surface area contributed by atoms with E-state index in [4.69, 9.17) is 11.0 Å². The first-order chi connectivity index (χ1) is 7.11. The number of aromatic nitrogens is 1. The lowest BCUT2D eigenvalue weighted by molar-refractivity contribution is 0.148. The molecule has 1 heterocycles. The predicted molar refractivity (Wildman–Crippen MR) is 49.2 cm³/mol. The van der Waals surface area contributed by atoms with Crippen molar-refractivity contribution in [2.75, 3.05) is 0 Å². The second-order valence-corrected chi connectivity index (χ2v) is 2.87. The van der Waals surface area contributed by atoms with Gasteiger partial charge in [-0.15, -0.1) is 0 Å². The van der Waals surface area contributed by atoms with E-state index < -0.39 is 17.5 Å². The Balaban J connectivity index is 3.45. The number of hydrogen-bond donors (Lipinski definition) is 2. The summed E-state index contributed by atoms with van der Waals surface area (Å²) in [6, 6.07) is 1.74. The first kappa shape index (κ1) is 11.3. The summed E-state index contributed by atoms with van der Waals surface area (Å²) in [7, 11) is 0. The third-order valence-corrected chi connectivity index (χ3v) is 2.03. The number of hydrogen-bond acceptors (Lipinski definition) is 3. The van der Waals surface area contributed by atoms with Gasteiger partial charge in [0.1, 0.15) is 0 Å². The van der Waals surface area contributed by atoms with E-state index in [1.54, 1.807) is 6.07 Å². The van der Waals surface area contributed by atoms with Crippen LogP contribution in [0.15, 0.2) is 11.0 Å². The van der Waals surface area contributed by atoms with Crippen LogP contribution < -0.4 is 11.3 Å². The number of halogens is 2. The highest BCUT2D eigenvalue weighted by Crippen LogP contribution is 2.21. The highest BCUT2D eigenvalue weighted by Gasteiger charge is 2.19. The Kier molecular flexibility index (Phi) is 3.52. The van der Waals surface area contributed by atoms with Gasteiger partial charge in [-0.25, -0.2) is 8.78 Å². The summed E-state index contributed by atoms with van der Waals surface area (Å²) in [5.41, 5.74) is 4.21. The summed E-state index contributed by atoms with van der Waals surface area (Å²) in [4.78, 5) is 13.3. The Bertz CT molecular complexity index is 448. The number of rotatable bonds is 3. The Hall–Kier alpha value is -1.74. The minimum Gasteiger partial charge on any atom is -0.328 e. The quantitative estimate of drug-likeness (QED) is 0.780. The molecular formula is C9H9F2N3O. The van der Waals surface area contributed by atoms with Crippen LogP contribution in [0.2, 0.25) is 0 Å². The molecule has 1 aromatic rings. The Morgan fingerprint density at radius 1 is 1.60 bits per heavy atom. The van der Waals surface area contributed by atoms with Gasteiger partial charge in [-0.1, -0.05) is 0 Å². The normalized spacial score (nSPS) is 10.3. The van der Waals surface area contributed by atoms with Crippen molar-refractivity contribution in [3.05, 3.63) is 33.2 Å². The van der Waals surface area contributed by atoms with E-state index in [0.717, 1.165) is 0 Å². The number of nitrogens with zero attached hydrogens (tertiary/aromatic N) is 1. The Labute approximate surface area is 84.3 Å². The highest BCUT2D eigenvalue weighted by atomic mass is 19.3. The molecule has 0 saturated carbocycles. The molecule has 0 aromatic carbocycles. The summed E-state index contributed by atoms with van der Waals surface area (Å²) >= 11 is 0. The Morgan fingerprint density at radius 2 is 2.27 bits per heavy atom. The zero-order valence-corrected chi connectivity index (χ0v) is 7.76. The molecule has 0 radical (unpaired) electrons. The van der Waals surface area contributed by atoms with Gasteiger partial charge in [-0.2, -0.15) is 5.26 Å². The van der Waals surface area contributed by atoms with Gasteiger partial charge < -0.3 is 10.7 Å². The molecule has 15 heavy (non-hydrogen) atoms. The van der Waals surface area contributed by atoms with Crippen LogP contribution in [0.1, 0.15) is 23.1 Å². The van der Waals surface area contributed by atoms with E-state index in [0.29, 0.717) is 5.56 Å². The van der Waals surface area contributed by atoms with Gasteiger partial charge in [0.25, 0.3) is 12.0 Å². The molecule has 0 atom stereocenters. The fraction of sp³-hybridized carbons (Fsp3) is 0.333. The number of aromatic amines is 1. The SMILES string of the molecule is N#CCc1c(CN)c[nH]c(=O)c1C(F)F. The summed E-state index contributed by atoms with van der Waals surface area (Å²) in [5, 5.41) is 8.49. The van der Waals surface area contributed by atoms with E-state index in [-0.39, 0.29) is 18.5 Å². The zero-order valence-electron chi connectivity index (χ0n) is 7.76. The van der Waals surface area contributed by atoms with Crippen molar-refractivity contribution in [3.63, 3.8) is 0 Å². The number of nitriles is 1. The highest BCUT2D eigenvalue weighted by molar-refractivity contribution is 5.34. The lowest BCUT2D eigenvalue weighted by atomic mass is 10.0. The largest absolute Gasteiger partial charge is 0.328 e. The van der Waals surface area contributed by atoms with Gasteiger partial charge in [0.2, 0.25) is 0 Å². The number of nitrogens with two attached hydrogens (primary N) is 1. The van der Waals surface area contributed by atoms with Crippen molar-refractivity contribution in [2.45, 2.75) is 19.4 Å². The molecule has 80 valence electrons. The van der Waals surface area contributed by atoms with Crippen LogP contribution in [-0.2, 0) is 13.0 Å². The van der Waals surface area contributed by atoms with Gasteiger partial charge >= 0.3 is 0 Å². The molecule has 0 fully saturated rings. The van der Waals surface area contributed by atoms with Gasteiger partial charge in [-0.05, 0) is 11.1 Å². The number of alkyl halides is 2. The summed E-state index contributed by atoms with van der Waals surface area (Å²) in [6.45, 7) is 0.00745. The van der Waals surface area contributed by atoms with Crippen LogP contribution in [0.3, 0.4) is 0 Å². The van der Waals surface area contributed by atoms with E-state index in [1.807, 2.05) is 0 Å². The maximum atomic E-state index is 12.6. The van der Waals surface area contributed by atoms with Gasteiger partial charge in [0.05, 0.1) is 18.1 Å². The van der Waals surface area contributed by atoms with Crippen LogP contribution in [0.4, 0.5) is 8.78 Å². The van der Waals surface area contributed by atoms with E-state index >= 15 is 0 Å². The van der Waals surface area contributed by atoms with Crippen molar-refractivity contribution in [1.82, 2.24) is 4.98 Å². The monoisotopic (exact) mass is 213 g/mol. The van der Waals surface area contributed by atoms with Gasteiger partial charge in [-0.3, -0.25) is 4.79 Å². The van der Waals surface area contributed by atoms with E-state index in [1.165, 1.54) is 6.20 Å². The molecule has 3 N–H and O–H groups in total. The molecule has 0 unspecified atom stereocenters. The number of H-pyrrole nitrogens is 1. The van der Waals surface area contributed by atoms with E-state index in [2.05, 4.69) is 4.98 Å². The van der Waals surface area contributed by atoms with Gasteiger partial charge in [0, 0.05) is 12.7 Å². The molecule has 0 aliphatic carbocycles. The molecule has 4 nitrogen and oxygen atoms in total. The molecule has 0 saturated heterocycles. The fourth-order valence-electron chi connectivity index (χ4n) is 1.33. The molecule has 1 aromatic heterocycles. The second-order valence-electron chi connectivity index (χ2n) is 2.87. The first-order valence-electron chi connectivity index (χ1n) is 4.20. The third kappa shape index (κ3) is 2.19.